The molecule has 1 unspecified atom stereocenters. The molecule has 0 bridgehead atoms. The van der Waals surface area contributed by atoms with Crippen LogP contribution in [0.5, 0.6) is 0 Å². The molecular weight excluding hydrogens is 224 g/mol. The lowest BCUT2D eigenvalue weighted by molar-refractivity contribution is -0.157. The molecule has 0 aliphatic heterocycles. The summed E-state index contributed by atoms with van der Waals surface area (Å²) in [5.41, 5.74) is 0. The van der Waals surface area contributed by atoms with E-state index >= 15 is 0 Å². The lowest BCUT2D eigenvalue weighted by Gasteiger charge is -2.19. The highest BCUT2D eigenvalue weighted by Gasteiger charge is 2.34. The molecule has 0 aromatic carbocycles. The van der Waals surface area contributed by atoms with Crippen molar-refractivity contribution in [2.24, 2.45) is 11.8 Å². The normalized spacial score (nSPS) is 12.4. The van der Waals surface area contributed by atoms with Crippen molar-refractivity contribution < 1.29 is 24.6 Å². The Kier molecular flexibility index (Phi) is 7.18. The van der Waals surface area contributed by atoms with Crippen LogP contribution in [0.1, 0.15) is 46.0 Å². The van der Waals surface area contributed by atoms with Crippen LogP contribution in [0.4, 0.5) is 0 Å². The second-order valence-corrected chi connectivity index (χ2v) is 4.32. The zero-order valence-electron chi connectivity index (χ0n) is 10.3. The van der Waals surface area contributed by atoms with Crippen molar-refractivity contribution in [2.45, 2.75) is 46.0 Å². The molecular formula is C12H20O5. The van der Waals surface area contributed by atoms with E-state index in [-0.39, 0.29) is 12.2 Å². The number of ketones is 1. The van der Waals surface area contributed by atoms with Crippen molar-refractivity contribution in [1.82, 2.24) is 0 Å². The van der Waals surface area contributed by atoms with Crippen LogP contribution in [0.2, 0.25) is 0 Å². The van der Waals surface area contributed by atoms with Crippen molar-refractivity contribution in [3.63, 3.8) is 0 Å². The lowest BCUT2D eigenvalue weighted by Crippen LogP contribution is -2.32. The average Bonchev–Trinajstić information content (AvgIpc) is 2.15. The van der Waals surface area contributed by atoms with Gasteiger partial charge in [-0.3, -0.25) is 9.59 Å². The predicted molar refractivity (Wildman–Crippen MR) is 61.7 cm³/mol. The molecule has 0 rings (SSSR count). The van der Waals surface area contributed by atoms with Crippen LogP contribution in [0.15, 0.2) is 0 Å². The van der Waals surface area contributed by atoms with Gasteiger partial charge in [0.25, 0.3) is 0 Å². The third-order valence-electron chi connectivity index (χ3n) is 2.73. The maximum absolute atomic E-state index is 11.1. The smallest absolute Gasteiger partial charge is 0.318 e. The first-order valence-electron chi connectivity index (χ1n) is 5.85. The van der Waals surface area contributed by atoms with Gasteiger partial charge in [0.2, 0.25) is 0 Å². The standard InChI is InChI=1S/C12H20O5/c1-3-4-5-6-9(7-8(2)13)10(11(14)15)12(16)17/h9-10H,3-7H2,1-2H3,(H,14,15)(H,16,17). The summed E-state index contributed by atoms with van der Waals surface area (Å²) in [6.45, 7) is 3.36. The third kappa shape index (κ3) is 6.04. The van der Waals surface area contributed by atoms with Gasteiger partial charge in [0.1, 0.15) is 5.78 Å². The van der Waals surface area contributed by atoms with Crippen molar-refractivity contribution >= 4 is 17.7 Å². The monoisotopic (exact) mass is 244 g/mol. The highest BCUT2D eigenvalue weighted by Crippen LogP contribution is 2.24. The van der Waals surface area contributed by atoms with Gasteiger partial charge in [0.15, 0.2) is 5.92 Å². The third-order valence-corrected chi connectivity index (χ3v) is 2.73. The molecule has 5 heteroatoms. The predicted octanol–water partition coefficient (Wildman–Crippen LogP) is 1.95. The molecule has 0 amide bonds. The molecule has 0 radical (unpaired) electrons. The summed E-state index contributed by atoms with van der Waals surface area (Å²) in [5.74, 6) is -4.97. The van der Waals surface area contributed by atoms with Crippen LogP contribution < -0.4 is 0 Å². The average molecular weight is 244 g/mol. The van der Waals surface area contributed by atoms with E-state index in [9.17, 15) is 14.4 Å². The van der Waals surface area contributed by atoms with Crippen molar-refractivity contribution in [1.29, 1.82) is 0 Å². The number of unbranched alkanes of at least 4 members (excludes halogenated alkanes) is 2. The van der Waals surface area contributed by atoms with Crippen molar-refractivity contribution in [3.8, 4) is 0 Å². The van der Waals surface area contributed by atoms with E-state index in [2.05, 4.69) is 0 Å². The molecule has 0 saturated heterocycles. The summed E-state index contributed by atoms with van der Waals surface area (Å²) in [6, 6.07) is 0. The van der Waals surface area contributed by atoms with Gasteiger partial charge >= 0.3 is 11.9 Å². The number of carboxylic acids is 2. The molecule has 2 N–H and O–H groups in total. The van der Waals surface area contributed by atoms with Crippen LogP contribution in [-0.4, -0.2) is 27.9 Å². The number of carboxylic acid groups (broad SMARTS) is 2. The van der Waals surface area contributed by atoms with E-state index < -0.39 is 23.8 Å². The minimum absolute atomic E-state index is 0.0208. The zero-order valence-corrected chi connectivity index (χ0v) is 10.3. The van der Waals surface area contributed by atoms with Crippen LogP contribution in [0.3, 0.4) is 0 Å². The van der Waals surface area contributed by atoms with Gasteiger partial charge in [-0.25, -0.2) is 0 Å². The van der Waals surface area contributed by atoms with Gasteiger partial charge in [-0.05, 0) is 19.3 Å². The van der Waals surface area contributed by atoms with Gasteiger partial charge in [-0.1, -0.05) is 26.2 Å². The first-order chi connectivity index (χ1) is 7.90. The van der Waals surface area contributed by atoms with E-state index in [1.54, 1.807) is 0 Å². The molecule has 0 aliphatic carbocycles. The molecule has 0 heterocycles. The lowest BCUT2D eigenvalue weighted by atomic mass is 9.84. The maximum atomic E-state index is 11.1. The minimum Gasteiger partial charge on any atom is -0.481 e. The Morgan fingerprint density at radius 2 is 1.59 bits per heavy atom. The van der Waals surface area contributed by atoms with E-state index in [4.69, 9.17) is 10.2 Å². The van der Waals surface area contributed by atoms with Crippen molar-refractivity contribution in [2.75, 3.05) is 0 Å². The van der Waals surface area contributed by atoms with Crippen LogP contribution >= 0.6 is 0 Å². The number of hydrogen-bond donors (Lipinski definition) is 2. The van der Waals surface area contributed by atoms with Crippen LogP contribution in [-0.2, 0) is 14.4 Å². The molecule has 0 fully saturated rings. The molecule has 98 valence electrons. The molecule has 0 aromatic rings. The Morgan fingerprint density at radius 1 is 1.06 bits per heavy atom. The Morgan fingerprint density at radius 3 is 1.94 bits per heavy atom. The van der Waals surface area contributed by atoms with Gasteiger partial charge < -0.3 is 15.0 Å². The number of rotatable bonds is 9. The fraction of sp³-hybridized carbons (Fsp3) is 0.750. The number of aliphatic carboxylic acids is 2. The molecule has 5 nitrogen and oxygen atoms in total. The van der Waals surface area contributed by atoms with E-state index in [1.807, 2.05) is 6.92 Å². The van der Waals surface area contributed by atoms with Crippen LogP contribution in [0, 0.1) is 11.8 Å². The Hall–Kier alpha value is -1.39. The first kappa shape index (κ1) is 15.6. The molecule has 1 atom stereocenters. The zero-order chi connectivity index (χ0) is 13.4. The Balaban J connectivity index is 4.66. The Labute approximate surface area is 101 Å². The highest BCUT2D eigenvalue weighted by atomic mass is 16.4. The summed E-state index contributed by atoms with van der Waals surface area (Å²) >= 11 is 0. The SMILES string of the molecule is CCCCCC(CC(C)=O)C(C(=O)O)C(=O)O. The summed E-state index contributed by atoms with van der Waals surface area (Å²) < 4.78 is 0. The maximum Gasteiger partial charge on any atom is 0.318 e. The summed E-state index contributed by atoms with van der Waals surface area (Å²) in [5, 5.41) is 17.8. The van der Waals surface area contributed by atoms with Crippen LogP contribution in [0.25, 0.3) is 0 Å². The number of Topliss-reactive ketones (excluding diaryl/α,β-unsaturated/α-hetero) is 1. The fourth-order valence-electron chi connectivity index (χ4n) is 1.92. The van der Waals surface area contributed by atoms with E-state index in [0.29, 0.717) is 6.42 Å². The van der Waals surface area contributed by atoms with Gasteiger partial charge in [-0.15, -0.1) is 0 Å². The summed E-state index contributed by atoms with van der Waals surface area (Å²) in [6.07, 6.45) is 3.13. The molecule has 17 heavy (non-hydrogen) atoms. The topological polar surface area (TPSA) is 91.7 Å². The van der Waals surface area contributed by atoms with Crippen molar-refractivity contribution in [3.05, 3.63) is 0 Å². The minimum atomic E-state index is -1.48. The quantitative estimate of drug-likeness (QED) is 0.477. The number of hydrogen-bond acceptors (Lipinski definition) is 3. The van der Waals surface area contributed by atoms with Gasteiger partial charge in [0, 0.05) is 6.42 Å². The molecule has 0 spiro atoms. The molecule has 0 aromatic heterocycles. The second-order valence-electron chi connectivity index (χ2n) is 4.32. The summed E-state index contributed by atoms with van der Waals surface area (Å²) in [4.78, 5) is 32.9. The number of carbonyl (C=O) groups excluding carboxylic acids is 1. The van der Waals surface area contributed by atoms with Gasteiger partial charge in [-0.2, -0.15) is 0 Å². The Bertz CT molecular complexity index is 271. The molecule has 0 aliphatic rings. The second kappa shape index (κ2) is 7.81. The highest BCUT2D eigenvalue weighted by molar-refractivity contribution is 5.93. The first-order valence-corrected chi connectivity index (χ1v) is 5.85. The number of carbonyl (C=O) groups is 3. The largest absolute Gasteiger partial charge is 0.481 e. The summed E-state index contributed by atoms with van der Waals surface area (Å²) in [7, 11) is 0. The van der Waals surface area contributed by atoms with E-state index in [0.717, 1.165) is 19.3 Å². The van der Waals surface area contributed by atoms with Gasteiger partial charge in [0.05, 0.1) is 0 Å². The molecule has 0 saturated carbocycles. The fourth-order valence-corrected chi connectivity index (χ4v) is 1.92. The van der Waals surface area contributed by atoms with E-state index in [1.165, 1.54) is 6.92 Å².